The molecular formula is C18H21N3O5. The van der Waals surface area contributed by atoms with Crippen molar-refractivity contribution in [2.45, 2.75) is 50.7 Å². The normalized spacial score (nSPS) is 25.2. The van der Waals surface area contributed by atoms with Gasteiger partial charge in [0.15, 0.2) is 11.5 Å². The highest BCUT2D eigenvalue weighted by Gasteiger charge is 2.51. The second-order valence-corrected chi connectivity index (χ2v) is 7.26. The van der Waals surface area contributed by atoms with E-state index in [-0.39, 0.29) is 18.7 Å². The van der Waals surface area contributed by atoms with Gasteiger partial charge in [-0.3, -0.25) is 9.59 Å². The topological polar surface area (TPSA) is 97.0 Å². The van der Waals surface area contributed by atoms with Crippen molar-refractivity contribution in [3.05, 3.63) is 23.8 Å². The van der Waals surface area contributed by atoms with Crippen LogP contribution in [0.2, 0.25) is 0 Å². The van der Waals surface area contributed by atoms with Gasteiger partial charge >= 0.3 is 6.03 Å². The number of amides is 4. The minimum absolute atomic E-state index is 0.172. The number of benzene rings is 1. The number of hydrogen-bond acceptors (Lipinski definition) is 5. The number of fused-ring (bicyclic) bond motifs is 1. The quantitative estimate of drug-likeness (QED) is 0.763. The molecular weight excluding hydrogens is 338 g/mol. The zero-order valence-corrected chi connectivity index (χ0v) is 14.7. The number of nitrogens with one attached hydrogen (secondary N) is 2. The number of urea groups is 1. The summed E-state index contributed by atoms with van der Waals surface area (Å²) in [5.41, 5.74) is -0.277. The molecule has 2 N–H and O–H groups in total. The van der Waals surface area contributed by atoms with E-state index >= 15 is 0 Å². The average molecular weight is 359 g/mol. The van der Waals surface area contributed by atoms with Crippen LogP contribution in [0.15, 0.2) is 18.2 Å². The van der Waals surface area contributed by atoms with Crippen molar-refractivity contribution in [2.24, 2.45) is 0 Å². The van der Waals surface area contributed by atoms with E-state index in [1.165, 1.54) is 0 Å². The summed E-state index contributed by atoms with van der Waals surface area (Å²) in [5, 5.41) is 5.57. The highest BCUT2D eigenvalue weighted by molar-refractivity contribution is 6.09. The second kappa shape index (κ2) is 5.89. The molecule has 3 aliphatic rings. The third kappa shape index (κ3) is 2.85. The maximum Gasteiger partial charge on any atom is 0.325 e. The molecule has 0 aromatic heterocycles. The van der Waals surface area contributed by atoms with Crippen molar-refractivity contribution in [3.63, 3.8) is 0 Å². The van der Waals surface area contributed by atoms with Crippen molar-refractivity contribution < 1.29 is 23.9 Å². The van der Waals surface area contributed by atoms with Crippen molar-refractivity contribution in [2.75, 3.05) is 6.79 Å². The fourth-order valence-electron chi connectivity index (χ4n) is 3.31. The van der Waals surface area contributed by atoms with Gasteiger partial charge in [-0.05, 0) is 44.4 Å². The molecule has 8 heteroatoms. The molecule has 1 saturated carbocycles. The van der Waals surface area contributed by atoms with Gasteiger partial charge in [0, 0.05) is 12.5 Å². The highest BCUT2D eigenvalue weighted by Crippen LogP contribution is 2.34. The first-order chi connectivity index (χ1) is 12.4. The number of carbonyl (C=O) groups excluding carboxylic acids is 3. The molecule has 4 amide bonds. The van der Waals surface area contributed by atoms with Gasteiger partial charge in [-0.25, -0.2) is 9.69 Å². The zero-order valence-electron chi connectivity index (χ0n) is 14.7. The third-order valence-electron chi connectivity index (χ3n) is 4.98. The Labute approximate surface area is 150 Å². The van der Waals surface area contributed by atoms with Crippen molar-refractivity contribution >= 4 is 17.8 Å². The van der Waals surface area contributed by atoms with Crippen LogP contribution < -0.4 is 20.1 Å². The molecule has 0 bridgehead atoms. The largest absolute Gasteiger partial charge is 0.454 e. The summed E-state index contributed by atoms with van der Waals surface area (Å²) >= 11 is 0. The van der Waals surface area contributed by atoms with Crippen LogP contribution in [0.4, 0.5) is 4.79 Å². The van der Waals surface area contributed by atoms with Crippen LogP contribution in [-0.4, -0.2) is 47.2 Å². The minimum atomic E-state index is -1.11. The lowest BCUT2D eigenvalue weighted by atomic mass is 9.92. The Morgan fingerprint density at radius 3 is 2.81 bits per heavy atom. The first kappa shape index (κ1) is 16.7. The van der Waals surface area contributed by atoms with Gasteiger partial charge in [-0.1, -0.05) is 6.07 Å². The van der Waals surface area contributed by atoms with Crippen molar-refractivity contribution in [3.8, 4) is 11.5 Å². The van der Waals surface area contributed by atoms with Crippen LogP contribution in [0.5, 0.6) is 11.5 Å². The molecule has 1 saturated heterocycles. The molecule has 0 radical (unpaired) electrons. The minimum Gasteiger partial charge on any atom is -0.454 e. The first-order valence-electron chi connectivity index (χ1n) is 8.72. The maximum absolute atomic E-state index is 12.9. The van der Waals surface area contributed by atoms with E-state index < -0.39 is 23.5 Å². The maximum atomic E-state index is 12.9. The highest BCUT2D eigenvalue weighted by atomic mass is 16.7. The summed E-state index contributed by atoms with van der Waals surface area (Å²) < 4.78 is 10.6. The lowest BCUT2D eigenvalue weighted by Crippen LogP contribution is -2.50. The van der Waals surface area contributed by atoms with E-state index in [4.69, 9.17) is 9.47 Å². The predicted octanol–water partition coefficient (Wildman–Crippen LogP) is 0.935. The summed E-state index contributed by atoms with van der Waals surface area (Å²) in [6, 6.07) is 4.21. The third-order valence-corrected chi connectivity index (χ3v) is 4.98. The van der Waals surface area contributed by atoms with Crippen LogP contribution in [0, 0.1) is 0 Å². The number of imide groups is 1. The fourth-order valence-corrected chi connectivity index (χ4v) is 3.31. The zero-order chi connectivity index (χ0) is 18.5. The number of nitrogens with zero attached hydrogens (tertiary/aromatic N) is 1. The number of carbonyl (C=O) groups is 3. The molecule has 1 aromatic rings. The Hall–Kier alpha value is -2.77. The van der Waals surface area contributed by atoms with Gasteiger partial charge in [0.25, 0.3) is 5.91 Å². The monoisotopic (exact) mass is 359 g/mol. The van der Waals surface area contributed by atoms with E-state index in [0.717, 1.165) is 23.3 Å². The van der Waals surface area contributed by atoms with Crippen LogP contribution in [0.25, 0.3) is 0 Å². The Balaban J connectivity index is 1.50. The summed E-state index contributed by atoms with van der Waals surface area (Å²) in [6.45, 7) is 3.41. The van der Waals surface area contributed by atoms with E-state index in [1.807, 2.05) is 6.07 Å². The van der Waals surface area contributed by atoms with Crippen LogP contribution in [0.3, 0.4) is 0 Å². The molecule has 0 spiro atoms. The molecule has 1 aliphatic carbocycles. The molecule has 2 heterocycles. The standard InChI is InChI=1S/C18H21N3O5/c1-10(15(22)19-12-4-5-12)21-16(23)18(2,20-17(21)24)8-11-3-6-13-14(7-11)26-9-25-13/h3,6-7,10,12H,4-5,8-9H2,1-2H3,(H,19,22)(H,20,24)/t10-,18+/m1/s1. The van der Waals surface area contributed by atoms with Crippen LogP contribution in [0.1, 0.15) is 32.3 Å². The molecule has 138 valence electrons. The molecule has 2 fully saturated rings. The predicted molar refractivity (Wildman–Crippen MR) is 90.7 cm³/mol. The van der Waals surface area contributed by atoms with E-state index in [0.29, 0.717) is 17.9 Å². The summed E-state index contributed by atoms with van der Waals surface area (Å²) in [6.07, 6.45) is 2.18. The smallest absolute Gasteiger partial charge is 0.325 e. The summed E-state index contributed by atoms with van der Waals surface area (Å²) in [7, 11) is 0. The molecule has 4 rings (SSSR count). The molecule has 8 nitrogen and oxygen atoms in total. The van der Waals surface area contributed by atoms with Gasteiger partial charge < -0.3 is 20.1 Å². The van der Waals surface area contributed by atoms with Crippen LogP contribution >= 0.6 is 0 Å². The lowest BCUT2D eigenvalue weighted by molar-refractivity contribution is -0.137. The number of hydrogen-bond donors (Lipinski definition) is 2. The van der Waals surface area contributed by atoms with Gasteiger partial charge in [-0.2, -0.15) is 0 Å². The molecule has 1 aromatic carbocycles. The van der Waals surface area contributed by atoms with E-state index in [2.05, 4.69) is 10.6 Å². The van der Waals surface area contributed by atoms with E-state index in [9.17, 15) is 14.4 Å². The Kier molecular flexibility index (Phi) is 3.78. The lowest BCUT2D eigenvalue weighted by Gasteiger charge is -2.24. The van der Waals surface area contributed by atoms with Crippen molar-refractivity contribution in [1.29, 1.82) is 0 Å². The Morgan fingerprint density at radius 2 is 2.08 bits per heavy atom. The molecule has 2 aliphatic heterocycles. The Morgan fingerprint density at radius 1 is 1.35 bits per heavy atom. The van der Waals surface area contributed by atoms with Gasteiger partial charge in [0.1, 0.15) is 11.6 Å². The van der Waals surface area contributed by atoms with Gasteiger partial charge in [0.2, 0.25) is 12.7 Å². The van der Waals surface area contributed by atoms with E-state index in [1.54, 1.807) is 26.0 Å². The van der Waals surface area contributed by atoms with Crippen LogP contribution in [-0.2, 0) is 16.0 Å². The first-order valence-corrected chi connectivity index (χ1v) is 8.72. The molecule has 26 heavy (non-hydrogen) atoms. The Bertz CT molecular complexity index is 791. The molecule has 0 unspecified atom stereocenters. The SMILES string of the molecule is C[C@H](C(=O)NC1CC1)N1C(=O)N[C@@](C)(Cc2ccc3c(c2)OCO3)C1=O. The number of rotatable bonds is 5. The van der Waals surface area contributed by atoms with Gasteiger partial charge in [0.05, 0.1) is 0 Å². The average Bonchev–Trinajstić information content (AvgIpc) is 3.22. The molecule has 2 atom stereocenters. The second-order valence-electron chi connectivity index (χ2n) is 7.26. The van der Waals surface area contributed by atoms with Gasteiger partial charge in [-0.15, -0.1) is 0 Å². The number of ether oxygens (including phenoxy) is 2. The van der Waals surface area contributed by atoms with Crippen molar-refractivity contribution in [1.82, 2.24) is 15.5 Å². The summed E-state index contributed by atoms with van der Waals surface area (Å²) in [4.78, 5) is 38.6. The summed E-state index contributed by atoms with van der Waals surface area (Å²) in [5.74, 6) is 0.575. The fraction of sp³-hybridized carbons (Fsp3) is 0.500.